The van der Waals surface area contributed by atoms with Crippen LogP contribution in [-0.4, -0.2) is 34.2 Å². The van der Waals surface area contributed by atoms with Crippen LogP contribution in [0.1, 0.15) is 56.2 Å². The topological polar surface area (TPSA) is 62.1 Å². The van der Waals surface area contributed by atoms with Crippen molar-refractivity contribution >= 4 is 39.1 Å². The Hall–Kier alpha value is -2.23. The summed E-state index contributed by atoms with van der Waals surface area (Å²) in [5.74, 6) is -0.869. The molecule has 10 heteroatoms. The Kier molecular flexibility index (Phi) is 6.66. The van der Waals surface area contributed by atoms with Crippen LogP contribution in [0.4, 0.5) is 8.78 Å². The van der Waals surface area contributed by atoms with Crippen molar-refractivity contribution in [2.45, 2.75) is 51.4 Å². The van der Waals surface area contributed by atoms with Gasteiger partial charge < -0.3 is 18.6 Å². The second-order valence-electron chi connectivity index (χ2n) is 8.69. The average molecular weight is 544 g/mol. The predicted molar refractivity (Wildman–Crippen MR) is 122 cm³/mol. The molecular weight excluding hydrogens is 522 g/mol. The number of esters is 1. The van der Waals surface area contributed by atoms with Crippen molar-refractivity contribution in [2.75, 3.05) is 6.61 Å². The zero-order chi connectivity index (χ0) is 23.9. The van der Waals surface area contributed by atoms with Crippen LogP contribution in [-0.2, 0) is 14.3 Å². The molecule has 2 atom stereocenters. The molecule has 2 unspecified atom stereocenters. The summed E-state index contributed by atoms with van der Waals surface area (Å²) in [4.78, 5) is 16.9. The lowest BCUT2D eigenvalue weighted by Crippen LogP contribution is -2.27. The summed E-state index contributed by atoms with van der Waals surface area (Å²) in [6.07, 6.45) is 1.67. The number of benzene rings is 1. The number of carbonyl (C=O) groups excluding carboxylic acids is 1. The van der Waals surface area contributed by atoms with E-state index in [0.717, 1.165) is 10.2 Å². The van der Waals surface area contributed by atoms with E-state index < -0.39 is 30.2 Å². The fraction of sp³-hybridized carbons (Fsp3) is 0.391. The van der Waals surface area contributed by atoms with Crippen LogP contribution in [0.2, 0.25) is 5.02 Å². The maximum atomic E-state index is 13.1. The SMILES string of the molecule is CC(C)(C)OC(=O)COC1CC(c2cc(Cl)ccc2OC(F)F)c2c1nc1ccc(Br)cn21. The summed E-state index contributed by atoms with van der Waals surface area (Å²) >= 11 is 9.68. The second kappa shape index (κ2) is 9.19. The molecule has 176 valence electrons. The molecule has 1 aliphatic rings. The lowest BCUT2D eigenvalue weighted by atomic mass is 9.95. The number of hydrogen-bond acceptors (Lipinski definition) is 5. The van der Waals surface area contributed by atoms with Gasteiger partial charge in [-0.25, -0.2) is 9.78 Å². The predicted octanol–water partition coefficient (Wildman–Crippen LogP) is 6.29. The summed E-state index contributed by atoms with van der Waals surface area (Å²) in [5, 5.41) is 0.390. The van der Waals surface area contributed by atoms with Gasteiger partial charge in [0.15, 0.2) is 0 Å². The molecule has 0 amide bonds. The van der Waals surface area contributed by atoms with Crippen molar-refractivity contribution in [1.82, 2.24) is 9.38 Å². The van der Waals surface area contributed by atoms with Gasteiger partial charge >= 0.3 is 12.6 Å². The number of imidazole rings is 1. The minimum Gasteiger partial charge on any atom is -0.458 e. The summed E-state index contributed by atoms with van der Waals surface area (Å²) in [6, 6.07) is 8.23. The Balaban J connectivity index is 1.74. The molecule has 0 fully saturated rings. The van der Waals surface area contributed by atoms with Gasteiger partial charge in [-0.3, -0.25) is 0 Å². The zero-order valence-corrected chi connectivity index (χ0v) is 20.5. The van der Waals surface area contributed by atoms with E-state index in [4.69, 9.17) is 30.8 Å². The Morgan fingerprint density at radius 3 is 2.76 bits per heavy atom. The van der Waals surface area contributed by atoms with E-state index in [1.165, 1.54) is 12.1 Å². The number of alkyl halides is 2. The van der Waals surface area contributed by atoms with Gasteiger partial charge in [0.25, 0.3) is 0 Å². The molecule has 3 aromatic rings. The fourth-order valence-corrected chi connectivity index (χ4v) is 4.55. The van der Waals surface area contributed by atoms with E-state index in [1.807, 2.05) is 22.7 Å². The lowest BCUT2D eigenvalue weighted by Gasteiger charge is -2.21. The largest absolute Gasteiger partial charge is 0.458 e. The summed E-state index contributed by atoms with van der Waals surface area (Å²) in [6.45, 7) is 2.08. The van der Waals surface area contributed by atoms with E-state index in [2.05, 4.69) is 15.9 Å². The molecule has 6 nitrogen and oxygen atoms in total. The van der Waals surface area contributed by atoms with Crippen LogP contribution in [0.5, 0.6) is 5.75 Å². The van der Waals surface area contributed by atoms with E-state index in [1.54, 1.807) is 26.8 Å². The number of ether oxygens (including phenoxy) is 3. The highest BCUT2D eigenvalue weighted by molar-refractivity contribution is 9.10. The van der Waals surface area contributed by atoms with E-state index in [9.17, 15) is 13.6 Å². The third-order valence-corrected chi connectivity index (χ3v) is 5.82. The van der Waals surface area contributed by atoms with Gasteiger partial charge in [0.05, 0.1) is 11.4 Å². The highest BCUT2D eigenvalue weighted by atomic mass is 79.9. The maximum absolute atomic E-state index is 13.1. The van der Waals surface area contributed by atoms with Gasteiger partial charge in [-0.15, -0.1) is 0 Å². The molecule has 4 rings (SSSR count). The number of aromatic nitrogens is 2. The molecule has 2 heterocycles. The van der Waals surface area contributed by atoms with Crippen LogP contribution in [0.3, 0.4) is 0 Å². The number of halogens is 4. The minimum absolute atomic E-state index is 0.0306. The average Bonchev–Trinajstić information content (AvgIpc) is 3.23. The standard InChI is InChI=1S/C23H22BrClF2N2O4/c1-23(2,3)33-19(30)11-31-17-9-15(14-8-13(25)5-6-16(14)32-22(26)27)21-20(17)28-18-7-4-12(24)10-29(18)21/h4-8,10,15,17,22H,9,11H2,1-3H3. The van der Waals surface area contributed by atoms with Crippen molar-refractivity contribution in [3.8, 4) is 5.75 Å². The quantitative estimate of drug-likeness (QED) is 0.342. The molecule has 0 saturated carbocycles. The highest BCUT2D eigenvalue weighted by Crippen LogP contribution is 2.49. The normalized spacial score (nSPS) is 18.1. The maximum Gasteiger partial charge on any atom is 0.387 e. The van der Waals surface area contributed by atoms with Gasteiger partial charge in [-0.2, -0.15) is 8.78 Å². The van der Waals surface area contributed by atoms with E-state index in [-0.39, 0.29) is 12.4 Å². The van der Waals surface area contributed by atoms with Gasteiger partial charge in [0.2, 0.25) is 0 Å². The molecule has 0 spiro atoms. The molecule has 0 saturated heterocycles. The molecule has 0 N–H and O–H groups in total. The Morgan fingerprint density at radius 2 is 2.06 bits per heavy atom. The first-order valence-corrected chi connectivity index (χ1v) is 11.4. The fourth-order valence-electron chi connectivity index (χ4n) is 4.03. The first-order valence-electron chi connectivity index (χ1n) is 10.3. The number of hydrogen-bond donors (Lipinski definition) is 0. The van der Waals surface area contributed by atoms with Crippen LogP contribution >= 0.6 is 27.5 Å². The number of carbonyl (C=O) groups is 1. The summed E-state index contributed by atoms with van der Waals surface area (Å²) in [5.41, 5.74) is 1.92. The van der Waals surface area contributed by atoms with Gasteiger partial charge in [-0.1, -0.05) is 11.6 Å². The highest BCUT2D eigenvalue weighted by Gasteiger charge is 2.39. The van der Waals surface area contributed by atoms with Crippen LogP contribution in [0, 0.1) is 0 Å². The Morgan fingerprint density at radius 1 is 1.30 bits per heavy atom. The minimum atomic E-state index is -2.98. The van der Waals surface area contributed by atoms with Crippen LogP contribution in [0.15, 0.2) is 41.0 Å². The lowest BCUT2D eigenvalue weighted by molar-refractivity contribution is -0.162. The van der Waals surface area contributed by atoms with Gasteiger partial charge in [0.1, 0.15) is 29.7 Å². The molecule has 0 bridgehead atoms. The molecule has 1 aliphatic carbocycles. The smallest absolute Gasteiger partial charge is 0.387 e. The number of pyridine rings is 1. The van der Waals surface area contributed by atoms with Crippen molar-refractivity contribution in [1.29, 1.82) is 0 Å². The van der Waals surface area contributed by atoms with E-state index >= 15 is 0 Å². The Bertz CT molecular complexity index is 1200. The molecular formula is C23H22BrClF2N2O4. The molecule has 1 aromatic carbocycles. The molecule has 0 radical (unpaired) electrons. The number of nitrogens with zero attached hydrogens (tertiary/aromatic N) is 2. The third kappa shape index (κ3) is 5.31. The van der Waals surface area contributed by atoms with E-state index in [0.29, 0.717) is 28.3 Å². The van der Waals surface area contributed by atoms with Crippen LogP contribution < -0.4 is 4.74 Å². The zero-order valence-electron chi connectivity index (χ0n) is 18.1. The first-order chi connectivity index (χ1) is 15.5. The molecule has 33 heavy (non-hydrogen) atoms. The summed E-state index contributed by atoms with van der Waals surface area (Å²) < 4.78 is 44.9. The van der Waals surface area contributed by atoms with Crippen molar-refractivity contribution in [2.24, 2.45) is 0 Å². The van der Waals surface area contributed by atoms with Gasteiger partial charge in [0, 0.05) is 27.2 Å². The first kappa shape index (κ1) is 23.9. The number of fused-ring (bicyclic) bond motifs is 3. The third-order valence-electron chi connectivity index (χ3n) is 5.12. The van der Waals surface area contributed by atoms with Crippen molar-refractivity contribution < 1.29 is 27.8 Å². The summed E-state index contributed by atoms with van der Waals surface area (Å²) in [7, 11) is 0. The Labute approximate surface area is 202 Å². The van der Waals surface area contributed by atoms with Gasteiger partial charge in [-0.05, 0) is 73.5 Å². The van der Waals surface area contributed by atoms with Crippen molar-refractivity contribution in [3.63, 3.8) is 0 Å². The van der Waals surface area contributed by atoms with Crippen LogP contribution in [0.25, 0.3) is 5.65 Å². The molecule has 2 aromatic heterocycles. The number of rotatable bonds is 6. The monoisotopic (exact) mass is 542 g/mol. The molecule has 0 aliphatic heterocycles. The second-order valence-corrected chi connectivity index (χ2v) is 10.0. The van der Waals surface area contributed by atoms with Crippen molar-refractivity contribution in [3.05, 3.63) is 63.0 Å².